The molecule has 0 bridgehead atoms. The highest BCUT2D eigenvalue weighted by atomic mass is 19.4. The molecule has 0 radical (unpaired) electrons. The van der Waals surface area contributed by atoms with Gasteiger partial charge in [-0.25, -0.2) is 0 Å². The van der Waals surface area contributed by atoms with Crippen LogP contribution in [0.15, 0.2) is 42.5 Å². The minimum atomic E-state index is -4.62. The van der Waals surface area contributed by atoms with Crippen LogP contribution in [0.4, 0.5) is 24.5 Å². The molecule has 6 nitrogen and oxygen atoms in total. The first kappa shape index (κ1) is 20.8. The Kier molecular flexibility index (Phi) is 5.12. The number of amides is 2. The Hall–Kier alpha value is -3.49. The Morgan fingerprint density at radius 2 is 1.90 bits per heavy atom. The lowest BCUT2D eigenvalue weighted by Gasteiger charge is -2.19. The second kappa shape index (κ2) is 7.64. The van der Waals surface area contributed by atoms with Crippen LogP contribution < -0.4 is 15.0 Å². The molecule has 3 aromatic rings. The summed E-state index contributed by atoms with van der Waals surface area (Å²) in [6.45, 7) is 0.425. The van der Waals surface area contributed by atoms with E-state index in [2.05, 4.69) is 5.32 Å². The molecule has 2 amide bonds. The van der Waals surface area contributed by atoms with Crippen LogP contribution in [0.25, 0.3) is 10.9 Å². The van der Waals surface area contributed by atoms with Crippen LogP contribution >= 0.6 is 0 Å². The summed E-state index contributed by atoms with van der Waals surface area (Å²) in [7, 11) is 3.15. The number of rotatable bonds is 4. The number of ether oxygens (including phenoxy) is 1. The third kappa shape index (κ3) is 3.60. The molecule has 1 aliphatic heterocycles. The van der Waals surface area contributed by atoms with Crippen molar-refractivity contribution in [2.24, 2.45) is 7.05 Å². The molecule has 4 rings (SSSR count). The van der Waals surface area contributed by atoms with Gasteiger partial charge in [0.25, 0.3) is 5.91 Å². The number of anilines is 2. The fraction of sp³-hybridized carbons (Fsp3) is 0.273. The summed E-state index contributed by atoms with van der Waals surface area (Å²) in [5.74, 6) is -0.329. The van der Waals surface area contributed by atoms with Gasteiger partial charge in [-0.2, -0.15) is 13.2 Å². The highest BCUT2D eigenvalue weighted by Crippen LogP contribution is 2.39. The number of aryl methyl sites for hydroxylation is 1. The molecule has 9 heteroatoms. The molecule has 0 unspecified atom stereocenters. The van der Waals surface area contributed by atoms with E-state index >= 15 is 0 Å². The fourth-order valence-electron chi connectivity index (χ4n) is 3.97. The molecular weight excluding hydrogens is 411 g/mol. The molecule has 1 aliphatic rings. The van der Waals surface area contributed by atoms with Gasteiger partial charge in [-0.1, -0.05) is 12.1 Å². The number of benzene rings is 2. The third-order valence-corrected chi connectivity index (χ3v) is 5.42. The summed E-state index contributed by atoms with van der Waals surface area (Å²) in [6.07, 6.45) is -3.64. The lowest BCUT2D eigenvalue weighted by atomic mass is 10.1. The average Bonchev–Trinajstić information content (AvgIpc) is 3.27. The van der Waals surface area contributed by atoms with E-state index in [1.165, 1.54) is 30.2 Å². The Morgan fingerprint density at radius 1 is 1.16 bits per heavy atom. The SMILES string of the molecule is COc1ccc2c(c1)c(N1CCCC1=O)c(C(=O)Nc1ccccc1C(F)(F)F)n2C. The first-order valence-electron chi connectivity index (χ1n) is 9.66. The number of methoxy groups -OCH3 is 1. The van der Waals surface area contributed by atoms with Gasteiger partial charge in [0.1, 0.15) is 11.4 Å². The first-order chi connectivity index (χ1) is 14.7. The summed E-state index contributed by atoms with van der Waals surface area (Å²) in [5, 5.41) is 3.01. The van der Waals surface area contributed by atoms with Crippen molar-refractivity contribution in [1.29, 1.82) is 0 Å². The number of nitrogens with one attached hydrogen (secondary N) is 1. The maximum Gasteiger partial charge on any atom is 0.418 e. The number of aromatic nitrogens is 1. The van der Waals surface area contributed by atoms with E-state index in [0.29, 0.717) is 41.7 Å². The highest BCUT2D eigenvalue weighted by Gasteiger charge is 2.35. The maximum atomic E-state index is 13.4. The molecule has 0 atom stereocenters. The van der Waals surface area contributed by atoms with Crippen molar-refractivity contribution in [2.75, 3.05) is 23.9 Å². The minimum Gasteiger partial charge on any atom is -0.497 e. The number of carbonyl (C=O) groups is 2. The minimum absolute atomic E-state index is 0.107. The van der Waals surface area contributed by atoms with Crippen LogP contribution in [0.2, 0.25) is 0 Å². The molecule has 31 heavy (non-hydrogen) atoms. The van der Waals surface area contributed by atoms with Crippen molar-refractivity contribution in [2.45, 2.75) is 19.0 Å². The number of hydrogen-bond donors (Lipinski definition) is 1. The zero-order valence-electron chi connectivity index (χ0n) is 16.9. The topological polar surface area (TPSA) is 63.6 Å². The largest absolute Gasteiger partial charge is 0.497 e. The van der Waals surface area contributed by atoms with Gasteiger partial charge in [0.2, 0.25) is 5.91 Å². The van der Waals surface area contributed by atoms with Gasteiger partial charge >= 0.3 is 6.18 Å². The van der Waals surface area contributed by atoms with Crippen LogP contribution in [0.1, 0.15) is 28.9 Å². The predicted octanol–water partition coefficient (Wildman–Crippen LogP) is 4.58. The smallest absolute Gasteiger partial charge is 0.418 e. The van der Waals surface area contributed by atoms with E-state index < -0.39 is 17.6 Å². The molecule has 1 saturated heterocycles. The van der Waals surface area contributed by atoms with E-state index in [1.807, 2.05) is 0 Å². The Morgan fingerprint density at radius 3 is 2.55 bits per heavy atom. The van der Waals surface area contributed by atoms with Crippen molar-refractivity contribution in [3.8, 4) is 5.75 Å². The van der Waals surface area contributed by atoms with Crippen molar-refractivity contribution < 1.29 is 27.5 Å². The number of alkyl halides is 3. The van der Waals surface area contributed by atoms with Crippen LogP contribution in [0, 0.1) is 0 Å². The van der Waals surface area contributed by atoms with E-state index in [0.717, 1.165) is 6.07 Å². The van der Waals surface area contributed by atoms with Gasteiger partial charge in [-0.15, -0.1) is 0 Å². The molecule has 2 aromatic carbocycles. The number of carbonyl (C=O) groups excluding carboxylic acids is 2. The molecule has 0 spiro atoms. The summed E-state index contributed by atoms with van der Waals surface area (Å²) < 4.78 is 47.0. The van der Waals surface area contributed by atoms with Gasteiger partial charge in [0.05, 0.1) is 29.6 Å². The van der Waals surface area contributed by atoms with Gasteiger partial charge < -0.3 is 19.5 Å². The fourth-order valence-corrected chi connectivity index (χ4v) is 3.97. The van der Waals surface area contributed by atoms with Gasteiger partial charge in [0, 0.05) is 25.4 Å². The summed E-state index contributed by atoms with van der Waals surface area (Å²) in [5.41, 5.74) is -0.148. The number of fused-ring (bicyclic) bond motifs is 1. The molecule has 0 aliphatic carbocycles. The van der Waals surface area contributed by atoms with Crippen LogP contribution in [0.3, 0.4) is 0 Å². The number of hydrogen-bond acceptors (Lipinski definition) is 3. The van der Waals surface area contributed by atoms with Crippen LogP contribution in [-0.2, 0) is 18.0 Å². The first-order valence-corrected chi connectivity index (χ1v) is 9.66. The van der Waals surface area contributed by atoms with Gasteiger partial charge in [0.15, 0.2) is 0 Å². The molecule has 1 N–H and O–H groups in total. The van der Waals surface area contributed by atoms with Crippen LogP contribution in [0.5, 0.6) is 5.75 Å². The molecule has 162 valence electrons. The Balaban J connectivity index is 1.87. The Labute approximate surface area is 176 Å². The third-order valence-electron chi connectivity index (χ3n) is 5.42. The Bertz CT molecular complexity index is 1180. The number of nitrogens with zero attached hydrogens (tertiary/aromatic N) is 2. The summed E-state index contributed by atoms with van der Waals surface area (Å²) in [6, 6.07) is 9.98. The lowest BCUT2D eigenvalue weighted by molar-refractivity contribution is -0.136. The van der Waals surface area contributed by atoms with E-state index in [4.69, 9.17) is 4.74 Å². The molecule has 0 saturated carbocycles. The number of para-hydroxylation sites is 1. The van der Waals surface area contributed by atoms with Crippen molar-refractivity contribution >= 4 is 34.1 Å². The number of halogens is 3. The standard InChI is InChI=1S/C22H20F3N3O3/c1-27-17-10-9-13(31-2)12-14(17)19(28-11-5-8-18(28)29)20(27)21(30)26-16-7-4-3-6-15(16)22(23,24)25/h3-4,6-7,9-10,12H,5,8,11H2,1-2H3,(H,26,30). The molecule has 1 aromatic heterocycles. The average molecular weight is 431 g/mol. The molecule has 1 fully saturated rings. The summed E-state index contributed by atoms with van der Waals surface area (Å²) >= 11 is 0. The zero-order valence-corrected chi connectivity index (χ0v) is 16.9. The second-order valence-electron chi connectivity index (χ2n) is 7.29. The predicted molar refractivity (Wildman–Crippen MR) is 110 cm³/mol. The van der Waals surface area contributed by atoms with E-state index in [9.17, 15) is 22.8 Å². The van der Waals surface area contributed by atoms with Crippen LogP contribution in [-0.4, -0.2) is 30.0 Å². The maximum absolute atomic E-state index is 13.4. The summed E-state index contributed by atoms with van der Waals surface area (Å²) in [4.78, 5) is 27.3. The van der Waals surface area contributed by atoms with E-state index in [1.54, 1.807) is 29.8 Å². The normalized spacial score (nSPS) is 14.4. The lowest BCUT2D eigenvalue weighted by Crippen LogP contribution is -2.27. The zero-order chi connectivity index (χ0) is 22.3. The van der Waals surface area contributed by atoms with Crippen molar-refractivity contribution in [3.63, 3.8) is 0 Å². The van der Waals surface area contributed by atoms with Gasteiger partial charge in [-0.3, -0.25) is 9.59 Å². The van der Waals surface area contributed by atoms with Gasteiger partial charge in [-0.05, 0) is 36.8 Å². The highest BCUT2D eigenvalue weighted by molar-refractivity contribution is 6.17. The molecular formula is C22H20F3N3O3. The quantitative estimate of drug-likeness (QED) is 0.658. The van der Waals surface area contributed by atoms with Crippen molar-refractivity contribution in [3.05, 3.63) is 53.7 Å². The van der Waals surface area contributed by atoms with Crippen molar-refractivity contribution in [1.82, 2.24) is 4.57 Å². The monoisotopic (exact) mass is 431 g/mol. The second-order valence-corrected chi connectivity index (χ2v) is 7.29. The molecule has 2 heterocycles. The van der Waals surface area contributed by atoms with E-state index in [-0.39, 0.29) is 17.3 Å².